The summed E-state index contributed by atoms with van der Waals surface area (Å²) in [4.78, 5) is 27.3. The molecule has 1 atom stereocenters. The third-order valence-corrected chi connectivity index (χ3v) is 6.39. The van der Waals surface area contributed by atoms with Gasteiger partial charge in [0.15, 0.2) is 0 Å². The Kier molecular flexibility index (Phi) is 4.91. The van der Waals surface area contributed by atoms with Gasteiger partial charge in [-0.3, -0.25) is 9.59 Å². The Morgan fingerprint density at radius 2 is 1.79 bits per heavy atom. The molecule has 1 aliphatic heterocycles. The monoisotopic (exact) mass is 400 g/mol. The molecule has 2 aromatic rings. The van der Waals surface area contributed by atoms with Gasteiger partial charge in [-0.25, -0.2) is 4.68 Å². The van der Waals surface area contributed by atoms with E-state index in [9.17, 15) is 9.59 Å². The maximum atomic E-state index is 12.7. The maximum Gasteiger partial charge on any atom is 0.255 e. The van der Waals surface area contributed by atoms with E-state index in [0.29, 0.717) is 21.7 Å². The first-order valence-corrected chi connectivity index (χ1v) is 10.2. The number of carbonyl (C=O) groups excluding carboxylic acids is 2. The number of likely N-dealkylation sites (tertiary alicyclic amines) is 1. The number of hydrogen-bond acceptors (Lipinski definition) is 3. The van der Waals surface area contributed by atoms with Crippen molar-refractivity contribution in [3.05, 3.63) is 46.7 Å². The molecule has 1 saturated carbocycles. The number of nitrogens with one attached hydrogen (secondary N) is 1. The van der Waals surface area contributed by atoms with Gasteiger partial charge in [0, 0.05) is 18.1 Å². The van der Waals surface area contributed by atoms with Crippen molar-refractivity contribution in [1.82, 2.24) is 20.0 Å². The van der Waals surface area contributed by atoms with Crippen molar-refractivity contribution in [1.29, 1.82) is 0 Å². The molecule has 1 aromatic carbocycles. The van der Waals surface area contributed by atoms with E-state index in [2.05, 4.69) is 10.4 Å². The third kappa shape index (κ3) is 3.65. The lowest BCUT2D eigenvalue weighted by Gasteiger charge is -2.33. The standard InChI is InChI=1S/C21H25ClN4O2/c1-14(20(28)25-11-9-21(7-8-21)10-12-25)24-19(27)18-13-23-26(15(18)2)17-5-3-16(22)4-6-17/h3-6,13-14H,7-12H2,1-2H3,(H,24,27)/t14-/m1/s1. The van der Waals surface area contributed by atoms with Gasteiger partial charge in [-0.2, -0.15) is 5.10 Å². The molecular weight excluding hydrogens is 376 g/mol. The smallest absolute Gasteiger partial charge is 0.255 e. The van der Waals surface area contributed by atoms with Gasteiger partial charge in [-0.05, 0) is 69.2 Å². The maximum absolute atomic E-state index is 12.7. The van der Waals surface area contributed by atoms with E-state index >= 15 is 0 Å². The fourth-order valence-corrected chi connectivity index (χ4v) is 4.09. The zero-order valence-electron chi connectivity index (χ0n) is 16.2. The Labute approximate surface area is 169 Å². The molecule has 0 bridgehead atoms. The highest BCUT2D eigenvalue weighted by Crippen LogP contribution is 2.53. The van der Waals surface area contributed by atoms with Crippen LogP contribution in [0.15, 0.2) is 30.5 Å². The zero-order chi connectivity index (χ0) is 19.9. The van der Waals surface area contributed by atoms with E-state index in [1.54, 1.807) is 23.7 Å². The van der Waals surface area contributed by atoms with Crippen LogP contribution in [0, 0.1) is 12.3 Å². The van der Waals surface area contributed by atoms with E-state index in [0.717, 1.165) is 31.6 Å². The van der Waals surface area contributed by atoms with Gasteiger partial charge in [-0.1, -0.05) is 11.6 Å². The molecular formula is C21H25ClN4O2. The molecule has 7 heteroatoms. The average molecular weight is 401 g/mol. The fraction of sp³-hybridized carbons (Fsp3) is 0.476. The number of piperidine rings is 1. The van der Waals surface area contributed by atoms with Crippen molar-refractivity contribution in [3.63, 3.8) is 0 Å². The molecule has 2 aliphatic rings. The third-order valence-electron chi connectivity index (χ3n) is 6.14. The predicted octanol–water partition coefficient (Wildman–Crippen LogP) is 3.36. The summed E-state index contributed by atoms with van der Waals surface area (Å²) >= 11 is 5.93. The van der Waals surface area contributed by atoms with Crippen LogP contribution >= 0.6 is 11.6 Å². The molecule has 6 nitrogen and oxygen atoms in total. The second-order valence-corrected chi connectivity index (χ2v) is 8.49. The van der Waals surface area contributed by atoms with Crippen molar-refractivity contribution in [2.75, 3.05) is 13.1 Å². The first kappa shape index (κ1) is 19.0. The van der Waals surface area contributed by atoms with Gasteiger partial charge >= 0.3 is 0 Å². The van der Waals surface area contributed by atoms with Crippen LogP contribution in [0.1, 0.15) is 48.7 Å². The second kappa shape index (κ2) is 7.24. The quantitative estimate of drug-likeness (QED) is 0.855. The topological polar surface area (TPSA) is 67.2 Å². The van der Waals surface area contributed by atoms with Gasteiger partial charge in [0.1, 0.15) is 6.04 Å². The summed E-state index contributed by atoms with van der Waals surface area (Å²) in [6.45, 7) is 5.18. The molecule has 2 amide bonds. The molecule has 2 heterocycles. The summed E-state index contributed by atoms with van der Waals surface area (Å²) in [7, 11) is 0. The van der Waals surface area contributed by atoms with Crippen molar-refractivity contribution < 1.29 is 9.59 Å². The van der Waals surface area contributed by atoms with Crippen LogP contribution < -0.4 is 5.32 Å². The lowest BCUT2D eigenvalue weighted by molar-refractivity contribution is -0.134. The molecule has 1 spiro atoms. The van der Waals surface area contributed by atoms with Crippen LogP contribution in [0.4, 0.5) is 0 Å². The Balaban J connectivity index is 1.40. The van der Waals surface area contributed by atoms with Gasteiger partial charge in [-0.15, -0.1) is 0 Å². The van der Waals surface area contributed by atoms with Crippen LogP contribution in [0.2, 0.25) is 5.02 Å². The number of aromatic nitrogens is 2. The predicted molar refractivity (Wildman–Crippen MR) is 108 cm³/mol. The minimum atomic E-state index is -0.556. The zero-order valence-corrected chi connectivity index (χ0v) is 17.0. The largest absolute Gasteiger partial charge is 0.341 e. The molecule has 0 radical (unpaired) electrons. The lowest BCUT2D eigenvalue weighted by atomic mass is 9.93. The van der Waals surface area contributed by atoms with E-state index in [1.807, 2.05) is 24.0 Å². The molecule has 28 heavy (non-hydrogen) atoms. The summed E-state index contributed by atoms with van der Waals surface area (Å²) in [5.41, 5.74) is 2.53. The summed E-state index contributed by atoms with van der Waals surface area (Å²) in [5, 5.41) is 7.80. The minimum Gasteiger partial charge on any atom is -0.341 e. The Morgan fingerprint density at radius 3 is 2.39 bits per heavy atom. The average Bonchev–Trinajstić information content (AvgIpc) is 3.33. The van der Waals surface area contributed by atoms with Crippen molar-refractivity contribution >= 4 is 23.4 Å². The molecule has 1 saturated heterocycles. The summed E-state index contributed by atoms with van der Waals surface area (Å²) in [6, 6.07) is 6.70. The minimum absolute atomic E-state index is 0.00778. The van der Waals surface area contributed by atoms with Crippen LogP contribution in [0.5, 0.6) is 0 Å². The highest BCUT2D eigenvalue weighted by molar-refractivity contribution is 6.30. The SMILES string of the molecule is Cc1c(C(=O)N[C@H](C)C(=O)N2CCC3(CC2)CC3)cnn1-c1ccc(Cl)cc1. The van der Waals surface area contributed by atoms with Crippen molar-refractivity contribution in [3.8, 4) is 5.69 Å². The number of halogens is 1. The number of carbonyl (C=O) groups is 2. The number of nitrogens with zero attached hydrogens (tertiary/aromatic N) is 3. The number of rotatable bonds is 4. The number of benzene rings is 1. The van der Waals surface area contributed by atoms with E-state index in [4.69, 9.17) is 11.6 Å². The van der Waals surface area contributed by atoms with E-state index in [1.165, 1.54) is 19.0 Å². The molecule has 1 aromatic heterocycles. The van der Waals surface area contributed by atoms with Gasteiger partial charge < -0.3 is 10.2 Å². The molecule has 1 N–H and O–H groups in total. The molecule has 4 rings (SSSR count). The Hall–Kier alpha value is -2.34. The van der Waals surface area contributed by atoms with Gasteiger partial charge in [0.05, 0.1) is 23.1 Å². The van der Waals surface area contributed by atoms with Crippen LogP contribution in [0.25, 0.3) is 5.69 Å². The van der Waals surface area contributed by atoms with E-state index < -0.39 is 6.04 Å². The number of hydrogen-bond donors (Lipinski definition) is 1. The summed E-state index contributed by atoms with van der Waals surface area (Å²) < 4.78 is 1.69. The van der Waals surface area contributed by atoms with Gasteiger partial charge in [0.2, 0.25) is 5.91 Å². The first-order chi connectivity index (χ1) is 13.4. The van der Waals surface area contributed by atoms with Crippen molar-refractivity contribution in [2.45, 2.75) is 45.6 Å². The van der Waals surface area contributed by atoms with Crippen LogP contribution in [-0.2, 0) is 4.79 Å². The second-order valence-electron chi connectivity index (χ2n) is 8.05. The van der Waals surface area contributed by atoms with Crippen LogP contribution in [-0.4, -0.2) is 45.6 Å². The normalized spacial score (nSPS) is 18.8. The fourth-order valence-electron chi connectivity index (χ4n) is 3.96. The molecule has 0 unspecified atom stereocenters. The Bertz CT molecular complexity index is 892. The molecule has 1 aliphatic carbocycles. The highest BCUT2D eigenvalue weighted by Gasteiger charge is 2.45. The molecule has 148 valence electrons. The first-order valence-electron chi connectivity index (χ1n) is 9.79. The summed E-state index contributed by atoms with van der Waals surface area (Å²) in [6.07, 6.45) is 6.32. The highest BCUT2D eigenvalue weighted by atomic mass is 35.5. The van der Waals surface area contributed by atoms with Gasteiger partial charge in [0.25, 0.3) is 5.91 Å². The summed E-state index contributed by atoms with van der Waals surface area (Å²) in [5.74, 6) is -0.291. The Morgan fingerprint density at radius 1 is 1.14 bits per heavy atom. The lowest BCUT2D eigenvalue weighted by Crippen LogP contribution is -2.49. The number of amides is 2. The van der Waals surface area contributed by atoms with Crippen LogP contribution in [0.3, 0.4) is 0 Å². The van der Waals surface area contributed by atoms with E-state index in [-0.39, 0.29) is 11.8 Å². The van der Waals surface area contributed by atoms with Crippen molar-refractivity contribution in [2.24, 2.45) is 5.41 Å². The molecule has 2 fully saturated rings.